The number of aliphatic hydroxyl groups is 1. The van der Waals surface area contributed by atoms with E-state index in [2.05, 4.69) is 4.98 Å². The summed E-state index contributed by atoms with van der Waals surface area (Å²) < 4.78 is 5.65. The van der Waals surface area contributed by atoms with Crippen LogP contribution in [-0.4, -0.2) is 23.3 Å². The van der Waals surface area contributed by atoms with E-state index in [1.807, 2.05) is 30.3 Å². The zero-order valence-electron chi connectivity index (χ0n) is 12.5. The molecule has 1 aromatic heterocycles. The number of ether oxygens (including phenoxy) is 1. The Hall–Kier alpha value is -1.45. The van der Waals surface area contributed by atoms with Gasteiger partial charge in [-0.25, -0.2) is 0 Å². The van der Waals surface area contributed by atoms with E-state index in [0.29, 0.717) is 5.92 Å². The molecule has 21 heavy (non-hydrogen) atoms. The summed E-state index contributed by atoms with van der Waals surface area (Å²) in [6, 6.07) is 9.96. The van der Waals surface area contributed by atoms with E-state index in [1.165, 1.54) is 19.3 Å². The second kappa shape index (κ2) is 6.54. The molecule has 0 radical (unpaired) electrons. The van der Waals surface area contributed by atoms with Crippen molar-refractivity contribution in [2.75, 3.05) is 7.11 Å². The molecule has 1 aliphatic rings. The van der Waals surface area contributed by atoms with Gasteiger partial charge in [-0.2, -0.15) is 0 Å². The van der Waals surface area contributed by atoms with Crippen molar-refractivity contribution >= 4 is 10.9 Å². The molecule has 2 unspecified atom stereocenters. The smallest absolute Gasteiger partial charge is 0.105 e. The lowest BCUT2D eigenvalue weighted by Crippen LogP contribution is -2.31. The van der Waals surface area contributed by atoms with Crippen LogP contribution in [0, 0.1) is 5.92 Å². The van der Waals surface area contributed by atoms with E-state index >= 15 is 0 Å². The second-order valence-electron chi connectivity index (χ2n) is 6.00. The Kier molecular flexibility index (Phi) is 4.51. The summed E-state index contributed by atoms with van der Waals surface area (Å²) in [7, 11) is 1.71. The van der Waals surface area contributed by atoms with Crippen LogP contribution >= 0.6 is 0 Å². The van der Waals surface area contributed by atoms with Gasteiger partial charge in [-0.15, -0.1) is 0 Å². The Morgan fingerprint density at radius 1 is 1.19 bits per heavy atom. The molecule has 0 bridgehead atoms. The first-order chi connectivity index (χ1) is 10.3. The van der Waals surface area contributed by atoms with Crippen molar-refractivity contribution in [1.29, 1.82) is 0 Å². The molecule has 0 spiro atoms. The SMILES string of the molecule is COC(C1CCCCC1)C(O)c1ccc2cccnc2c1. The fraction of sp³-hybridized carbons (Fsp3) is 0.500. The molecule has 1 saturated carbocycles. The third kappa shape index (κ3) is 3.09. The largest absolute Gasteiger partial charge is 0.386 e. The molecule has 1 fully saturated rings. The topological polar surface area (TPSA) is 42.4 Å². The Morgan fingerprint density at radius 2 is 2.00 bits per heavy atom. The van der Waals surface area contributed by atoms with E-state index in [-0.39, 0.29) is 6.10 Å². The van der Waals surface area contributed by atoms with Crippen LogP contribution in [0.5, 0.6) is 0 Å². The summed E-state index contributed by atoms with van der Waals surface area (Å²) in [6.45, 7) is 0. The fourth-order valence-electron chi connectivity index (χ4n) is 3.50. The normalized spacial score (nSPS) is 19.5. The monoisotopic (exact) mass is 285 g/mol. The van der Waals surface area contributed by atoms with E-state index in [9.17, 15) is 5.11 Å². The summed E-state index contributed by atoms with van der Waals surface area (Å²) in [5.41, 5.74) is 1.83. The predicted molar refractivity (Wildman–Crippen MR) is 84.1 cm³/mol. The molecule has 3 nitrogen and oxygen atoms in total. The third-order valence-corrected chi connectivity index (χ3v) is 4.67. The van der Waals surface area contributed by atoms with Crippen LogP contribution in [0.15, 0.2) is 36.5 Å². The van der Waals surface area contributed by atoms with Crippen LogP contribution in [0.4, 0.5) is 0 Å². The standard InChI is InChI=1S/C18H23NO2/c1-21-18(14-6-3-2-4-7-14)17(20)15-10-9-13-8-5-11-19-16(13)12-15/h5,8-12,14,17-18,20H,2-4,6-7H2,1H3. The Bertz CT molecular complexity index is 593. The van der Waals surface area contributed by atoms with Crippen LogP contribution < -0.4 is 0 Å². The molecule has 2 aromatic rings. The van der Waals surface area contributed by atoms with Gasteiger partial charge in [0.15, 0.2) is 0 Å². The van der Waals surface area contributed by atoms with Gasteiger partial charge in [0.05, 0.1) is 11.6 Å². The number of benzene rings is 1. The zero-order chi connectivity index (χ0) is 14.7. The van der Waals surface area contributed by atoms with Crippen molar-refractivity contribution in [3.8, 4) is 0 Å². The maximum Gasteiger partial charge on any atom is 0.105 e. The van der Waals surface area contributed by atoms with Gasteiger partial charge in [0.25, 0.3) is 0 Å². The number of nitrogens with zero attached hydrogens (tertiary/aromatic N) is 1. The molecule has 1 aromatic carbocycles. The van der Waals surface area contributed by atoms with Crippen molar-refractivity contribution in [2.24, 2.45) is 5.92 Å². The van der Waals surface area contributed by atoms with E-state index in [0.717, 1.165) is 29.3 Å². The first-order valence-electron chi connectivity index (χ1n) is 7.85. The first kappa shape index (κ1) is 14.5. The summed E-state index contributed by atoms with van der Waals surface area (Å²) in [5.74, 6) is 0.457. The maximum absolute atomic E-state index is 10.7. The minimum absolute atomic E-state index is 0.119. The third-order valence-electron chi connectivity index (χ3n) is 4.67. The molecule has 3 rings (SSSR count). The molecular formula is C18H23NO2. The number of rotatable bonds is 4. The van der Waals surface area contributed by atoms with E-state index in [1.54, 1.807) is 13.3 Å². The molecular weight excluding hydrogens is 262 g/mol. The van der Waals surface area contributed by atoms with Gasteiger partial charge in [0, 0.05) is 18.7 Å². The number of fused-ring (bicyclic) bond motifs is 1. The van der Waals surface area contributed by atoms with Crippen molar-refractivity contribution in [3.63, 3.8) is 0 Å². The van der Waals surface area contributed by atoms with Crippen LogP contribution in [0.2, 0.25) is 0 Å². The summed E-state index contributed by atoms with van der Waals surface area (Å²) in [4.78, 5) is 4.37. The van der Waals surface area contributed by atoms with Gasteiger partial charge in [0.1, 0.15) is 6.10 Å². The molecule has 1 heterocycles. The Labute approximate surface area is 126 Å². The predicted octanol–water partition coefficient (Wildman–Crippen LogP) is 3.86. The molecule has 0 saturated heterocycles. The molecule has 1 aliphatic carbocycles. The first-order valence-corrected chi connectivity index (χ1v) is 7.85. The summed E-state index contributed by atoms with van der Waals surface area (Å²) in [6.07, 6.45) is 7.20. The number of aliphatic hydroxyl groups excluding tert-OH is 1. The highest BCUT2D eigenvalue weighted by molar-refractivity contribution is 5.78. The second-order valence-corrected chi connectivity index (χ2v) is 6.00. The van der Waals surface area contributed by atoms with Crippen LogP contribution in [0.25, 0.3) is 10.9 Å². The molecule has 3 heteroatoms. The minimum Gasteiger partial charge on any atom is -0.386 e. The van der Waals surface area contributed by atoms with Crippen LogP contribution in [0.3, 0.4) is 0 Å². The maximum atomic E-state index is 10.7. The average molecular weight is 285 g/mol. The average Bonchev–Trinajstić information content (AvgIpc) is 2.56. The van der Waals surface area contributed by atoms with Crippen LogP contribution in [0.1, 0.15) is 43.8 Å². The van der Waals surface area contributed by atoms with Crippen LogP contribution in [-0.2, 0) is 4.74 Å². The van der Waals surface area contributed by atoms with E-state index in [4.69, 9.17) is 4.74 Å². The Balaban J connectivity index is 1.84. The lowest BCUT2D eigenvalue weighted by Gasteiger charge is -2.32. The van der Waals surface area contributed by atoms with E-state index < -0.39 is 6.10 Å². The highest BCUT2D eigenvalue weighted by atomic mass is 16.5. The van der Waals surface area contributed by atoms with Gasteiger partial charge in [0.2, 0.25) is 0 Å². The molecule has 0 amide bonds. The summed E-state index contributed by atoms with van der Waals surface area (Å²) in [5, 5.41) is 11.8. The number of methoxy groups -OCH3 is 1. The number of hydrogen-bond donors (Lipinski definition) is 1. The molecule has 1 N–H and O–H groups in total. The van der Waals surface area contributed by atoms with Gasteiger partial charge >= 0.3 is 0 Å². The van der Waals surface area contributed by atoms with Crippen molar-refractivity contribution < 1.29 is 9.84 Å². The lowest BCUT2D eigenvalue weighted by atomic mass is 9.82. The number of hydrogen-bond acceptors (Lipinski definition) is 3. The minimum atomic E-state index is -0.579. The zero-order valence-corrected chi connectivity index (χ0v) is 12.5. The fourth-order valence-corrected chi connectivity index (χ4v) is 3.50. The molecule has 112 valence electrons. The van der Waals surface area contributed by atoms with Gasteiger partial charge in [-0.05, 0) is 36.5 Å². The number of pyridine rings is 1. The Morgan fingerprint density at radius 3 is 2.76 bits per heavy atom. The quantitative estimate of drug-likeness (QED) is 0.927. The molecule has 0 aliphatic heterocycles. The molecule has 2 atom stereocenters. The van der Waals surface area contributed by atoms with Gasteiger partial charge < -0.3 is 9.84 Å². The highest BCUT2D eigenvalue weighted by Crippen LogP contribution is 2.34. The van der Waals surface area contributed by atoms with Crippen molar-refractivity contribution in [1.82, 2.24) is 4.98 Å². The number of aromatic nitrogens is 1. The van der Waals surface area contributed by atoms with Gasteiger partial charge in [-0.1, -0.05) is 37.5 Å². The van der Waals surface area contributed by atoms with Crippen molar-refractivity contribution in [3.05, 3.63) is 42.1 Å². The summed E-state index contributed by atoms with van der Waals surface area (Å²) >= 11 is 0. The van der Waals surface area contributed by atoms with Crippen molar-refractivity contribution in [2.45, 2.75) is 44.3 Å². The highest BCUT2D eigenvalue weighted by Gasteiger charge is 2.30. The van der Waals surface area contributed by atoms with Gasteiger partial charge in [-0.3, -0.25) is 4.98 Å². The lowest BCUT2D eigenvalue weighted by molar-refractivity contribution is -0.0558.